The van der Waals surface area contributed by atoms with Crippen LogP contribution in [0.1, 0.15) is 23.2 Å². The lowest BCUT2D eigenvalue weighted by atomic mass is 9.94. The predicted molar refractivity (Wildman–Crippen MR) is 77.0 cm³/mol. The molecule has 0 radical (unpaired) electrons. The van der Waals surface area contributed by atoms with Crippen LogP contribution in [0.15, 0.2) is 34.3 Å². The van der Waals surface area contributed by atoms with Crippen LogP contribution in [0, 0.1) is 5.92 Å². The number of fused-ring (bicyclic) bond motifs is 1. The maximum Gasteiger partial charge on any atom is 0.262 e. The molecule has 2 aliphatic rings. The molecule has 1 unspecified atom stereocenters. The van der Waals surface area contributed by atoms with E-state index < -0.39 is 11.8 Å². The van der Waals surface area contributed by atoms with Gasteiger partial charge in [0.15, 0.2) is 5.78 Å². The van der Waals surface area contributed by atoms with E-state index in [1.165, 1.54) is 6.21 Å². The number of Topliss-reactive ketones (excluding diaryl/α,β-unsaturated/α-hetero) is 1. The van der Waals surface area contributed by atoms with Gasteiger partial charge in [0.1, 0.15) is 5.92 Å². The van der Waals surface area contributed by atoms with Gasteiger partial charge in [0.2, 0.25) is 0 Å². The van der Waals surface area contributed by atoms with Gasteiger partial charge < -0.3 is 5.32 Å². The summed E-state index contributed by atoms with van der Waals surface area (Å²) in [5.41, 5.74) is 1.99. The number of amides is 1. The average Bonchev–Trinajstić information content (AvgIpc) is 2.49. The number of para-hydroxylation sites is 1. The van der Waals surface area contributed by atoms with Crippen molar-refractivity contribution in [3.8, 4) is 0 Å². The normalized spacial score (nSPS) is 21.5. The molecular formula is C15H15N3O2. The average molecular weight is 269 g/mol. The highest BCUT2D eigenvalue weighted by atomic mass is 16.2. The summed E-state index contributed by atoms with van der Waals surface area (Å²) >= 11 is 0. The molecule has 1 N–H and O–H groups in total. The molecule has 1 aromatic carbocycles. The Labute approximate surface area is 116 Å². The second kappa shape index (κ2) is 5.46. The summed E-state index contributed by atoms with van der Waals surface area (Å²) in [4.78, 5) is 32.8. The third-order valence-corrected chi connectivity index (χ3v) is 3.53. The Balaban J connectivity index is 1.82. The fraction of sp³-hybridized carbons (Fsp3) is 0.333. The molecule has 1 saturated heterocycles. The number of carbonyl (C=O) groups excluding carboxylic acids is 2. The van der Waals surface area contributed by atoms with Gasteiger partial charge in [0.25, 0.3) is 5.91 Å². The maximum absolute atomic E-state index is 12.3. The summed E-state index contributed by atoms with van der Waals surface area (Å²) in [6.07, 6.45) is 2.94. The summed E-state index contributed by atoms with van der Waals surface area (Å²) in [5.74, 6) is -1.48. The van der Waals surface area contributed by atoms with E-state index in [-0.39, 0.29) is 5.78 Å². The Morgan fingerprint density at radius 2 is 2.00 bits per heavy atom. The van der Waals surface area contributed by atoms with Crippen molar-refractivity contribution in [3.63, 3.8) is 0 Å². The highest BCUT2D eigenvalue weighted by Gasteiger charge is 2.30. The van der Waals surface area contributed by atoms with Crippen molar-refractivity contribution in [3.05, 3.63) is 29.8 Å². The molecule has 0 bridgehead atoms. The number of nitrogens with zero attached hydrogens (tertiary/aromatic N) is 2. The minimum atomic E-state index is -0.868. The molecule has 3 rings (SSSR count). The van der Waals surface area contributed by atoms with Crippen LogP contribution in [0.5, 0.6) is 0 Å². The van der Waals surface area contributed by atoms with Crippen LogP contribution in [0.4, 0.5) is 5.69 Å². The quantitative estimate of drug-likeness (QED) is 0.786. The summed E-state index contributed by atoms with van der Waals surface area (Å²) in [5, 5.41) is 3.20. The SMILES string of the molecule is O=C(N=C1CCNCC1)C1C=Nc2ccccc2C1=O. The van der Waals surface area contributed by atoms with E-state index >= 15 is 0 Å². The smallest absolute Gasteiger partial charge is 0.262 e. The first-order valence-corrected chi connectivity index (χ1v) is 6.74. The topological polar surface area (TPSA) is 70.9 Å². The second-order valence-electron chi connectivity index (χ2n) is 4.90. The van der Waals surface area contributed by atoms with Gasteiger partial charge in [-0.3, -0.25) is 14.6 Å². The van der Waals surface area contributed by atoms with Crippen LogP contribution < -0.4 is 5.32 Å². The van der Waals surface area contributed by atoms with E-state index in [0.29, 0.717) is 11.3 Å². The molecule has 0 aromatic heterocycles. The van der Waals surface area contributed by atoms with Crippen molar-refractivity contribution < 1.29 is 9.59 Å². The number of hydrogen-bond donors (Lipinski definition) is 1. The van der Waals surface area contributed by atoms with Crippen LogP contribution in [0.25, 0.3) is 0 Å². The lowest BCUT2D eigenvalue weighted by Crippen LogP contribution is -2.31. The fourth-order valence-corrected chi connectivity index (χ4v) is 2.41. The van der Waals surface area contributed by atoms with Crippen LogP contribution in [0.3, 0.4) is 0 Å². The highest BCUT2D eigenvalue weighted by molar-refractivity contribution is 6.24. The largest absolute Gasteiger partial charge is 0.316 e. The zero-order valence-corrected chi connectivity index (χ0v) is 11.0. The molecule has 0 saturated carbocycles. The van der Waals surface area contributed by atoms with Crippen LogP contribution in [0.2, 0.25) is 0 Å². The van der Waals surface area contributed by atoms with Crippen molar-refractivity contribution in [2.45, 2.75) is 12.8 Å². The molecular weight excluding hydrogens is 254 g/mol. The van der Waals surface area contributed by atoms with Gasteiger partial charge >= 0.3 is 0 Å². The Hall–Kier alpha value is -2.14. The van der Waals surface area contributed by atoms with Crippen molar-refractivity contribution in [2.24, 2.45) is 15.9 Å². The molecule has 2 aliphatic heterocycles. The molecule has 1 fully saturated rings. The Morgan fingerprint density at radius 3 is 2.80 bits per heavy atom. The number of aliphatic imine (C=N–C) groups is 2. The Morgan fingerprint density at radius 1 is 1.25 bits per heavy atom. The van der Waals surface area contributed by atoms with E-state index in [2.05, 4.69) is 15.3 Å². The lowest BCUT2D eigenvalue weighted by Gasteiger charge is -2.17. The van der Waals surface area contributed by atoms with Gasteiger partial charge in [-0.05, 0) is 25.0 Å². The van der Waals surface area contributed by atoms with Gasteiger partial charge in [0, 0.05) is 30.6 Å². The van der Waals surface area contributed by atoms with Gasteiger partial charge in [-0.1, -0.05) is 12.1 Å². The number of piperidine rings is 1. The van der Waals surface area contributed by atoms with E-state index in [4.69, 9.17) is 0 Å². The van der Waals surface area contributed by atoms with E-state index in [1.807, 2.05) is 6.07 Å². The van der Waals surface area contributed by atoms with E-state index in [1.54, 1.807) is 18.2 Å². The van der Waals surface area contributed by atoms with Crippen molar-refractivity contribution >= 4 is 29.3 Å². The minimum absolute atomic E-state index is 0.209. The number of ketones is 1. The zero-order chi connectivity index (χ0) is 13.9. The molecule has 102 valence electrons. The monoisotopic (exact) mass is 269 g/mol. The number of benzene rings is 1. The first-order valence-electron chi connectivity index (χ1n) is 6.74. The van der Waals surface area contributed by atoms with Crippen LogP contribution in [-0.2, 0) is 4.79 Å². The molecule has 0 spiro atoms. The van der Waals surface area contributed by atoms with E-state index in [9.17, 15) is 9.59 Å². The first kappa shape index (κ1) is 12.9. The summed E-state index contributed by atoms with van der Waals surface area (Å²) in [7, 11) is 0. The fourth-order valence-electron chi connectivity index (χ4n) is 2.41. The minimum Gasteiger partial charge on any atom is -0.316 e. The second-order valence-corrected chi connectivity index (χ2v) is 4.90. The van der Waals surface area contributed by atoms with Crippen LogP contribution in [-0.4, -0.2) is 36.7 Å². The highest BCUT2D eigenvalue weighted by Crippen LogP contribution is 2.26. The molecule has 1 aromatic rings. The Kier molecular flexibility index (Phi) is 3.52. The van der Waals surface area contributed by atoms with Gasteiger partial charge in [-0.15, -0.1) is 0 Å². The maximum atomic E-state index is 12.3. The molecule has 0 aliphatic carbocycles. The number of nitrogens with one attached hydrogen (secondary N) is 1. The van der Waals surface area contributed by atoms with Gasteiger partial charge in [-0.25, -0.2) is 4.99 Å². The van der Waals surface area contributed by atoms with E-state index in [0.717, 1.165) is 31.6 Å². The van der Waals surface area contributed by atoms with Crippen molar-refractivity contribution in [1.82, 2.24) is 5.32 Å². The molecule has 5 heteroatoms. The zero-order valence-electron chi connectivity index (χ0n) is 11.0. The predicted octanol–water partition coefficient (Wildman–Crippen LogP) is 1.55. The molecule has 5 nitrogen and oxygen atoms in total. The summed E-state index contributed by atoms with van der Waals surface area (Å²) < 4.78 is 0. The number of rotatable bonds is 1. The standard InChI is InChI=1S/C15H15N3O2/c19-14-11-3-1-2-4-13(11)17-9-12(14)15(20)18-10-5-7-16-8-6-10/h1-4,9,12,16H,5-8H2. The van der Waals surface area contributed by atoms with Crippen LogP contribution >= 0.6 is 0 Å². The summed E-state index contributed by atoms with van der Waals surface area (Å²) in [6, 6.07) is 7.06. The molecule has 2 heterocycles. The van der Waals surface area contributed by atoms with Gasteiger partial charge in [0.05, 0.1) is 5.69 Å². The van der Waals surface area contributed by atoms with Gasteiger partial charge in [-0.2, -0.15) is 0 Å². The molecule has 1 amide bonds. The number of carbonyl (C=O) groups is 2. The Bertz CT molecular complexity index is 611. The third kappa shape index (κ3) is 2.44. The van der Waals surface area contributed by atoms with Crippen molar-refractivity contribution in [1.29, 1.82) is 0 Å². The van der Waals surface area contributed by atoms with Crippen molar-refractivity contribution in [2.75, 3.05) is 13.1 Å². The first-order chi connectivity index (χ1) is 9.75. The lowest BCUT2D eigenvalue weighted by molar-refractivity contribution is -0.118. The molecule has 1 atom stereocenters. The third-order valence-electron chi connectivity index (χ3n) is 3.53. The number of hydrogen-bond acceptors (Lipinski definition) is 4. The molecule has 20 heavy (non-hydrogen) atoms. The summed E-state index contributed by atoms with van der Waals surface area (Å²) in [6.45, 7) is 1.67.